The number of hydrogen-bond acceptors (Lipinski definition) is 5. The molecule has 0 spiro atoms. The fourth-order valence-electron chi connectivity index (χ4n) is 3.32. The zero-order valence-corrected chi connectivity index (χ0v) is 14.7. The molecule has 6 nitrogen and oxygen atoms in total. The van der Waals surface area contributed by atoms with Crippen LogP contribution in [0.5, 0.6) is 11.5 Å². The molecule has 0 N–H and O–H groups in total. The van der Waals surface area contributed by atoms with Crippen LogP contribution in [-0.4, -0.2) is 30.6 Å². The van der Waals surface area contributed by atoms with E-state index in [0.717, 1.165) is 36.6 Å². The molecule has 0 radical (unpaired) electrons. The summed E-state index contributed by atoms with van der Waals surface area (Å²) in [6, 6.07) is 11.1. The van der Waals surface area contributed by atoms with E-state index in [1.165, 1.54) is 11.1 Å². The number of methoxy groups -OCH3 is 2. The van der Waals surface area contributed by atoms with Gasteiger partial charge in [0.1, 0.15) is 0 Å². The highest BCUT2D eigenvalue weighted by Crippen LogP contribution is 2.35. The van der Waals surface area contributed by atoms with Crippen LogP contribution in [0.1, 0.15) is 29.7 Å². The standard InChI is InChI=1S/C19H22N2O4/c1-13(14-4-6-17(7-5-14)21(22)23)20-9-8-15-10-18(24-2)19(25-3)11-16(15)12-20/h4-7,10-11,13H,8-9,12H2,1-3H3/t13-/m0/s1. The Morgan fingerprint density at radius 2 is 1.68 bits per heavy atom. The predicted octanol–water partition coefficient (Wildman–Crippen LogP) is 3.73. The van der Waals surface area contributed by atoms with E-state index in [4.69, 9.17) is 9.47 Å². The Kier molecular flexibility index (Phi) is 4.90. The van der Waals surface area contributed by atoms with Gasteiger partial charge in [0.2, 0.25) is 0 Å². The van der Waals surface area contributed by atoms with Crippen LogP contribution in [0, 0.1) is 10.1 Å². The largest absolute Gasteiger partial charge is 0.493 e. The Morgan fingerprint density at radius 1 is 1.08 bits per heavy atom. The molecular weight excluding hydrogens is 320 g/mol. The van der Waals surface area contributed by atoms with Crippen LogP contribution in [0.3, 0.4) is 0 Å². The molecule has 6 heteroatoms. The van der Waals surface area contributed by atoms with E-state index in [1.54, 1.807) is 26.4 Å². The number of nitro benzene ring substituents is 1. The van der Waals surface area contributed by atoms with Gasteiger partial charge in [0.05, 0.1) is 19.1 Å². The quantitative estimate of drug-likeness (QED) is 0.612. The summed E-state index contributed by atoms with van der Waals surface area (Å²) in [5.41, 5.74) is 3.72. The molecular formula is C19H22N2O4. The van der Waals surface area contributed by atoms with Gasteiger partial charge in [-0.25, -0.2) is 0 Å². The first-order chi connectivity index (χ1) is 12.0. The Labute approximate surface area is 147 Å². The highest BCUT2D eigenvalue weighted by Gasteiger charge is 2.24. The van der Waals surface area contributed by atoms with E-state index in [2.05, 4.69) is 17.9 Å². The fourth-order valence-corrected chi connectivity index (χ4v) is 3.32. The van der Waals surface area contributed by atoms with E-state index >= 15 is 0 Å². The van der Waals surface area contributed by atoms with Crippen molar-refractivity contribution < 1.29 is 14.4 Å². The Bertz CT molecular complexity index is 774. The highest BCUT2D eigenvalue weighted by molar-refractivity contribution is 5.48. The summed E-state index contributed by atoms with van der Waals surface area (Å²) >= 11 is 0. The number of hydrogen-bond donors (Lipinski definition) is 0. The number of nitro groups is 1. The Balaban J connectivity index is 1.80. The van der Waals surface area contributed by atoms with E-state index in [0.29, 0.717) is 0 Å². The van der Waals surface area contributed by atoms with Crippen molar-refractivity contribution in [3.63, 3.8) is 0 Å². The molecule has 1 heterocycles. The molecule has 0 saturated carbocycles. The van der Waals surface area contributed by atoms with Crippen LogP contribution in [0.15, 0.2) is 36.4 Å². The van der Waals surface area contributed by atoms with E-state index in [-0.39, 0.29) is 16.7 Å². The second-order valence-electron chi connectivity index (χ2n) is 6.22. The topological polar surface area (TPSA) is 64.8 Å². The second-order valence-corrected chi connectivity index (χ2v) is 6.22. The minimum atomic E-state index is -0.370. The van der Waals surface area contributed by atoms with Crippen molar-refractivity contribution in [2.75, 3.05) is 20.8 Å². The third kappa shape index (κ3) is 3.44. The minimum absolute atomic E-state index is 0.122. The maximum absolute atomic E-state index is 10.8. The molecule has 1 aliphatic heterocycles. The Hall–Kier alpha value is -2.60. The molecule has 0 unspecified atom stereocenters. The monoisotopic (exact) mass is 342 g/mol. The van der Waals surface area contributed by atoms with Crippen molar-refractivity contribution >= 4 is 5.69 Å². The number of rotatable bonds is 5. The smallest absolute Gasteiger partial charge is 0.269 e. The number of non-ortho nitro benzene ring substituents is 1. The van der Waals surface area contributed by atoms with E-state index < -0.39 is 0 Å². The van der Waals surface area contributed by atoms with Gasteiger partial charge in [-0.1, -0.05) is 12.1 Å². The lowest BCUT2D eigenvalue weighted by Gasteiger charge is -2.34. The van der Waals surface area contributed by atoms with Gasteiger partial charge in [-0.3, -0.25) is 15.0 Å². The maximum Gasteiger partial charge on any atom is 0.269 e. The lowest BCUT2D eigenvalue weighted by molar-refractivity contribution is -0.384. The van der Waals surface area contributed by atoms with Crippen LogP contribution in [0.25, 0.3) is 0 Å². The summed E-state index contributed by atoms with van der Waals surface area (Å²) in [5.74, 6) is 1.50. The molecule has 2 aromatic rings. The van der Waals surface area contributed by atoms with Gasteiger partial charge < -0.3 is 9.47 Å². The van der Waals surface area contributed by atoms with Gasteiger partial charge >= 0.3 is 0 Å². The van der Waals surface area contributed by atoms with Crippen molar-refractivity contribution in [2.45, 2.75) is 25.9 Å². The lowest BCUT2D eigenvalue weighted by atomic mass is 9.96. The molecule has 25 heavy (non-hydrogen) atoms. The molecule has 3 rings (SSSR count). The van der Waals surface area contributed by atoms with Gasteiger partial charge in [-0.2, -0.15) is 0 Å². The van der Waals surface area contributed by atoms with Crippen molar-refractivity contribution in [3.8, 4) is 11.5 Å². The van der Waals surface area contributed by atoms with Gasteiger partial charge in [0, 0.05) is 31.3 Å². The van der Waals surface area contributed by atoms with E-state index in [1.807, 2.05) is 18.2 Å². The predicted molar refractivity (Wildman–Crippen MR) is 95.2 cm³/mol. The fraction of sp³-hybridized carbons (Fsp3) is 0.368. The summed E-state index contributed by atoms with van der Waals surface area (Å²) in [5, 5.41) is 10.8. The molecule has 0 aliphatic carbocycles. The third-order valence-electron chi connectivity index (χ3n) is 4.88. The number of ether oxygens (including phenoxy) is 2. The van der Waals surface area contributed by atoms with Gasteiger partial charge in [0.25, 0.3) is 5.69 Å². The Morgan fingerprint density at radius 3 is 2.24 bits per heavy atom. The summed E-state index contributed by atoms with van der Waals surface area (Å²) in [6.07, 6.45) is 0.938. The van der Waals surface area contributed by atoms with Crippen molar-refractivity contribution in [2.24, 2.45) is 0 Å². The van der Waals surface area contributed by atoms with Crippen molar-refractivity contribution in [3.05, 3.63) is 63.2 Å². The number of fused-ring (bicyclic) bond motifs is 1. The van der Waals surface area contributed by atoms with E-state index in [9.17, 15) is 10.1 Å². The molecule has 0 bridgehead atoms. The van der Waals surface area contributed by atoms with Crippen LogP contribution in [-0.2, 0) is 13.0 Å². The van der Waals surface area contributed by atoms with Gasteiger partial charge in [-0.05, 0) is 42.2 Å². The van der Waals surface area contributed by atoms with Crippen LogP contribution >= 0.6 is 0 Å². The first kappa shape index (κ1) is 17.2. The SMILES string of the molecule is COc1cc2c(cc1OC)CN([C@@H](C)c1ccc([N+](=O)[O-])cc1)CC2. The zero-order valence-electron chi connectivity index (χ0n) is 14.7. The molecule has 0 aromatic heterocycles. The average Bonchev–Trinajstić information content (AvgIpc) is 2.65. The third-order valence-corrected chi connectivity index (χ3v) is 4.88. The van der Waals surface area contributed by atoms with Crippen molar-refractivity contribution in [1.82, 2.24) is 4.90 Å². The van der Waals surface area contributed by atoms with Gasteiger partial charge in [0.15, 0.2) is 11.5 Å². The minimum Gasteiger partial charge on any atom is -0.493 e. The molecule has 132 valence electrons. The molecule has 0 amide bonds. The van der Waals surface area contributed by atoms with Crippen LogP contribution in [0.4, 0.5) is 5.69 Å². The molecule has 0 saturated heterocycles. The van der Waals surface area contributed by atoms with Crippen molar-refractivity contribution in [1.29, 1.82) is 0 Å². The molecule has 1 aliphatic rings. The lowest BCUT2D eigenvalue weighted by Crippen LogP contribution is -2.32. The number of nitrogens with zero attached hydrogens (tertiary/aromatic N) is 2. The van der Waals surface area contributed by atoms with Gasteiger partial charge in [-0.15, -0.1) is 0 Å². The first-order valence-electron chi connectivity index (χ1n) is 8.25. The number of benzene rings is 2. The summed E-state index contributed by atoms with van der Waals surface area (Å²) in [4.78, 5) is 12.8. The van der Waals surface area contributed by atoms with Crippen LogP contribution < -0.4 is 9.47 Å². The first-order valence-corrected chi connectivity index (χ1v) is 8.25. The zero-order chi connectivity index (χ0) is 18.0. The second kappa shape index (κ2) is 7.11. The van der Waals surface area contributed by atoms with Crippen LogP contribution in [0.2, 0.25) is 0 Å². The maximum atomic E-state index is 10.8. The molecule has 2 aromatic carbocycles. The summed E-state index contributed by atoms with van der Waals surface area (Å²) < 4.78 is 10.8. The average molecular weight is 342 g/mol. The highest BCUT2D eigenvalue weighted by atomic mass is 16.6. The summed E-state index contributed by atoms with van der Waals surface area (Å²) in [6.45, 7) is 3.88. The normalized spacial score (nSPS) is 15.3. The summed E-state index contributed by atoms with van der Waals surface area (Å²) in [7, 11) is 3.29. The molecule has 0 fully saturated rings. The molecule has 1 atom stereocenters.